The largest absolute Gasteiger partial charge is 0.460 e. The number of hydrogen-bond acceptors (Lipinski definition) is 3. The van der Waals surface area contributed by atoms with E-state index in [2.05, 4.69) is 15.5 Å². The zero-order valence-electron chi connectivity index (χ0n) is 11.9. The first-order valence-corrected chi connectivity index (χ1v) is 6.72. The van der Waals surface area contributed by atoms with Gasteiger partial charge in [-0.3, -0.25) is 5.10 Å². The van der Waals surface area contributed by atoms with Crippen molar-refractivity contribution in [1.29, 1.82) is 0 Å². The van der Waals surface area contributed by atoms with Crippen LogP contribution in [-0.2, 0) is 6.54 Å². The summed E-state index contributed by atoms with van der Waals surface area (Å²) >= 11 is 0. The highest BCUT2D eigenvalue weighted by molar-refractivity contribution is 5.58. The van der Waals surface area contributed by atoms with Gasteiger partial charge in [-0.1, -0.05) is 6.07 Å². The molecule has 4 nitrogen and oxygen atoms in total. The molecule has 0 aliphatic carbocycles. The highest BCUT2D eigenvalue weighted by Gasteiger charge is 2.11. The molecule has 0 saturated heterocycles. The number of aromatic nitrogens is 2. The van der Waals surface area contributed by atoms with Crippen molar-refractivity contribution in [3.8, 4) is 11.5 Å². The van der Waals surface area contributed by atoms with Crippen molar-refractivity contribution in [3.05, 3.63) is 59.2 Å². The molecule has 0 fully saturated rings. The van der Waals surface area contributed by atoms with E-state index in [0.29, 0.717) is 6.54 Å². The summed E-state index contributed by atoms with van der Waals surface area (Å²) in [4.78, 5) is 0. The minimum absolute atomic E-state index is 0.253. The molecule has 3 rings (SSSR count). The van der Waals surface area contributed by atoms with E-state index in [0.717, 1.165) is 34.0 Å². The third-order valence-corrected chi connectivity index (χ3v) is 3.37. The first kappa shape index (κ1) is 13.4. The van der Waals surface area contributed by atoms with Crippen LogP contribution >= 0.6 is 0 Å². The third-order valence-electron chi connectivity index (χ3n) is 3.37. The molecule has 2 heterocycles. The Labute approximate surface area is 122 Å². The van der Waals surface area contributed by atoms with Crippen molar-refractivity contribution >= 4 is 5.69 Å². The highest BCUT2D eigenvalue weighted by atomic mass is 19.1. The second kappa shape index (κ2) is 5.44. The molecule has 0 bridgehead atoms. The maximum atomic E-state index is 13.3. The number of benzene rings is 1. The van der Waals surface area contributed by atoms with Crippen LogP contribution in [0.5, 0.6) is 0 Å². The minimum atomic E-state index is -0.253. The van der Waals surface area contributed by atoms with Crippen LogP contribution in [0, 0.1) is 19.7 Å². The molecule has 0 atom stereocenters. The van der Waals surface area contributed by atoms with E-state index in [1.807, 2.05) is 26.0 Å². The standard InChI is InChI=1S/C16H16FN3O/c1-10-3-5-13(17)7-14(10)18-8-12-9-19-20-16(12)15-6-4-11(2)21-15/h3-7,9,18H,8H2,1-2H3,(H,19,20). The summed E-state index contributed by atoms with van der Waals surface area (Å²) in [6, 6.07) is 8.51. The molecule has 5 heteroatoms. The Morgan fingerprint density at radius 2 is 2.10 bits per heavy atom. The van der Waals surface area contributed by atoms with Crippen LogP contribution in [0.25, 0.3) is 11.5 Å². The third kappa shape index (κ3) is 2.81. The van der Waals surface area contributed by atoms with Crippen molar-refractivity contribution in [2.45, 2.75) is 20.4 Å². The van der Waals surface area contributed by atoms with Crippen LogP contribution in [-0.4, -0.2) is 10.2 Å². The fourth-order valence-corrected chi connectivity index (χ4v) is 2.20. The molecule has 3 aromatic rings. The number of aromatic amines is 1. The summed E-state index contributed by atoms with van der Waals surface area (Å²) < 4.78 is 18.9. The Kier molecular flexibility index (Phi) is 3.48. The molecule has 0 amide bonds. The molecule has 0 saturated carbocycles. The SMILES string of the molecule is Cc1ccc(-c2[nH]ncc2CNc2cc(F)ccc2C)o1. The summed E-state index contributed by atoms with van der Waals surface area (Å²) in [7, 11) is 0. The predicted molar refractivity (Wildman–Crippen MR) is 79.5 cm³/mol. The summed E-state index contributed by atoms with van der Waals surface area (Å²) in [5, 5.41) is 10.2. The number of aryl methyl sites for hydroxylation is 2. The second-order valence-electron chi connectivity index (χ2n) is 4.99. The van der Waals surface area contributed by atoms with Gasteiger partial charge in [-0.15, -0.1) is 0 Å². The van der Waals surface area contributed by atoms with Crippen LogP contribution in [0.3, 0.4) is 0 Å². The Morgan fingerprint density at radius 1 is 1.24 bits per heavy atom. The van der Waals surface area contributed by atoms with Crippen molar-refractivity contribution in [2.75, 3.05) is 5.32 Å². The highest BCUT2D eigenvalue weighted by Crippen LogP contribution is 2.24. The Morgan fingerprint density at radius 3 is 2.86 bits per heavy atom. The molecule has 0 spiro atoms. The van der Waals surface area contributed by atoms with E-state index < -0.39 is 0 Å². The number of H-pyrrole nitrogens is 1. The van der Waals surface area contributed by atoms with Crippen LogP contribution in [0.4, 0.5) is 10.1 Å². The number of furan rings is 1. The van der Waals surface area contributed by atoms with Gasteiger partial charge in [0.15, 0.2) is 5.76 Å². The van der Waals surface area contributed by atoms with E-state index in [9.17, 15) is 4.39 Å². The lowest BCUT2D eigenvalue weighted by atomic mass is 10.1. The number of halogens is 1. The molecule has 0 unspecified atom stereocenters. The lowest BCUT2D eigenvalue weighted by Gasteiger charge is -2.09. The zero-order chi connectivity index (χ0) is 14.8. The second-order valence-corrected chi connectivity index (χ2v) is 4.99. The molecule has 0 aliphatic heterocycles. The van der Waals surface area contributed by atoms with Crippen molar-refractivity contribution in [2.24, 2.45) is 0 Å². The maximum absolute atomic E-state index is 13.3. The van der Waals surface area contributed by atoms with Crippen LogP contribution in [0.15, 0.2) is 40.9 Å². The Balaban J connectivity index is 1.80. The minimum Gasteiger partial charge on any atom is -0.460 e. The van der Waals surface area contributed by atoms with E-state index in [-0.39, 0.29) is 5.82 Å². The van der Waals surface area contributed by atoms with Gasteiger partial charge in [-0.05, 0) is 43.7 Å². The first-order chi connectivity index (χ1) is 10.1. The van der Waals surface area contributed by atoms with Gasteiger partial charge in [-0.2, -0.15) is 5.10 Å². The van der Waals surface area contributed by atoms with Crippen LogP contribution < -0.4 is 5.32 Å². The maximum Gasteiger partial charge on any atom is 0.152 e. The number of hydrogen-bond donors (Lipinski definition) is 2. The van der Waals surface area contributed by atoms with E-state index in [4.69, 9.17) is 4.42 Å². The fourth-order valence-electron chi connectivity index (χ4n) is 2.20. The quantitative estimate of drug-likeness (QED) is 0.760. The number of nitrogens with one attached hydrogen (secondary N) is 2. The van der Waals surface area contributed by atoms with Gasteiger partial charge in [0, 0.05) is 17.8 Å². The molecule has 2 aromatic heterocycles. The number of rotatable bonds is 4. The van der Waals surface area contributed by atoms with Crippen molar-refractivity contribution < 1.29 is 8.81 Å². The van der Waals surface area contributed by atoms with E-state index >= 15 is 0 Å². The molecule has 108 valence electrons. The molecule has 0 aliphatic rings. The topological polar surface area (TPSA) is 53.9 Å². The Hall–Kier alpha value is -2.56. The molecular formula is C16H16FN3O. The monoisotopic (exact) mass is 285 g/mol. The Bertz CT molecular complexity index is 760. The van der Waals surface area contributed by atoms with Crippen LogP contribution in [0.1, 0.15) is 16.9 Å². The summed E-state index contributed by atoms with van der Waals surface area (Å²) in [5.41, 5.74) is 3.57. The fraction of sp³-hybridized carbons (Fsp3) is 0.188. The molecule has 1 aromatic carbocycles. The molecular weight excluding hydrogens is 269 g/mol. The van der Waals surface area contributed by atoms with Gasteiger partial charge >= 0.3 is 0 Å². The zero-order valence-corrected chi connectivity index (χ0v) is 11.9. The lowest BCUT2D eigenvalue weighted by molar-refractivity contribution is 0.545. The van der Waals surface area contributed by atoms with Gasteiger partial charge in [0.25, 0.3) is 0 Å². The van der Waals surface area contributed by atoms with Gasteiger partial charge in [0.2, 0.25) is 0 Å². The molecule has 0 radical (unpaired) electrons. The smallest absolute Gasteiger partial charge is 0.152 e. The van der Waals surface area contributed by atoms with Gasteiger partial charge < -0.3 is 9.73 Å². The van der Waals surface area contributed by atoms with Gasteiger partial charge in [-0.25, -0.2) is 4.39 Å². The molecule has 21 heavy (non-hydrogen) atoms. The van der Waals surface area contributed by atoms with Gasteiger partial charge in [0.1, 0.15) is 17.3 Å². The number of anilines is 1. The van der Waals surface area contributed by atoms with Crippen LogP contribution in [0.2, 0.25) is 0 Å². The summed E-state index contributed by atoms with van der Waals surface area (Å²) in [6.45, 7) is 4.37. The molecule has 2 N–H and O–H groups in total. The van der Waals surface area contributed by atoms with Crippen molar-refractivity contribution in [3.63, 3.8) is 0 Å². The van der Waals surface area contributed by atoms with E-state index in [1.54, 1.807) is 12.3 Å². The lowest BCUT2D eigenvalue weighted by Crippen LogP contribution is -2.01. The van der Waals surface area contributed by atoms with Crippen molar-refractivity contribution in [1.82, 2.24) is 10.2 Å². The average Bonchev–Trinajstić information content (AvgIpc) is 3.08. The first-order valence-electron chi connectivity index (χ1n) is 6.72. The predicted octanol–water partition coefficient (Wildman–Crippen LogP) is 4.04. The normalized spacial score (nSPS) is 10.8. The summed E-state index contributed by atoms with van der Waals surface area (Å²) in [5.74, 6) is 1.34. The van der Waals surface area contributed by atoms with Gasteiger partial charge in [0.05, 0.1) is 6.20 Å². The number of nitrogens with zero attached hydrogens (tertiary/aromatic N) is 1. The summed E-state index contributed by atoms with van der Waals surface area (Å²) in [6.07, 6.45) is 1.74. The average molecular weight is 285 g/mol. The van der Waals surface area contributed by atoms with E-state index in [1.165, 1.54) is 12.1 Å².